The van der Waals surface area contributed by atoms with Crippen molar-refractivity contribution in [3.8, 4) is 5.75 Å². The molecular formula is C20H26O2. The monoisotopic (exact) mass is 298 g/mol. The lowest BCUT2D eigenvalue weighted by molar-refractivity contribution is 0.177. The standard InChI is InChI=1S/C20H26O2/c1-12-15-4-5-18-16-11-14(21)10-13(16)8-9-20(18,2)17(15)6-7-19(12)22-3/h6-7,13-14,21H,4-5,8-11H2,1-3H3. The minimum atomic E-state index is -0.103. The van der Waals surface area contributed by atoms with Crippen molar-refractivity contribution in [3.63, 3.8) is 0 Å². The Kier molecular flexibility index (Phi) is 3.16. The third-order valence-corrected chi connectivity index (χ3v) is 6.54. The molecule has 1 aromatic rings. The molecule has 0 bridgehead atoms. The highest BCUT2D eigenvalue weighted by Gasteiger charge is 2.45. The van der Waals surface area contributed by atoms with Crippen molar-refractivity contribution in [2.45, 2.75) is 63.9 Å². The van der Waals surface area contributed by atoms with Crippen LogP contribution in [0.2, 0.25) is 0 Å². The van der Waals surface area contributed by atoms with Gasteiger partial charge in [0, 0.05) is 5.41 Å². The normalized spacial score (nSPS) is 33.3. The topological polar surface area (TPSA) is 29.5 Å². The van der Waals surface area contributed by atoms with Gasteiger partial charge in [-0.05, 0) is 74.1 Å². The van der Waals surface area contributed by atoms with E-state index >= 15 is 0 Å². The van der Waals surface area contributed by atoms with Crippen LogP contribution in [0.1, 0.15) is 55.7 Å². The molecule has 0 heterocycles. The van der Waals surface area contributed by atoms with Crippen molar-refractivity contribution in [3.05, 3.63) is 40.0 Å². The van der Waals surface area contributed by atoms with Gasteiger partial charge >= 0.3 is 0 Å². The van der Waals surface area contributed by atoms with E-state index in [9.17, 15) is 5.11 Å². The van der Waals surface area contributed by atoms with Gasteiger partial charge in [-0.15, -0.1) is 0 Å². The largest absolute Gasteiger partial charge is 0.496 e. The summed E-state index contributed by atoms with van der Waals surface area (Å²) in [5.41, 5.74) is 7.76. The second kappa shape index (κ2) is 4.86. The van der Waals surface area contributed by atoms with Crippen LogP contribution >= 0.6 is 0 Å². The van der Waals surface area contributed by atoms with E-state index in [0.29, 0.717) is 5.92 Å². The van der Waals surface area contributed by atoms with E-state index < -0.39 is 0 Å². The average molecular weight is 298 g/mol. The van der Waals surface area contributed by atoms with Crippen molar-refractivity contribution in [1.29, 1.82) is 0 Å². The SMILES string of the molecule is COc1ccc2c(c1C)CCC1=C3CC(O)CC3CCC12C. The number of aliphatic hydroxyl groups is 1. The summed E-state index contributed by atoms with van der Waals surface area (Å²) in [6.45, 7) is 4.63. The van der Waals surface area contributed by atoms with E-state index in [2.05, 4.69) is 26.0 Å². The quantitative estimate of drug-likeness (QED) is 0.792. The third kappa shape index (κ3) is 1.83. The Morgan fingerprint density at radius 2 is 2.09 bits per heavy atom. The molecule has 1 fully saturated rings. The first-order chi connectivity index (χ1) is 10.5. The fraction of sp³-hybridized carbons (Fsp3) is 0.600. The molecule has 1 aromatic carbocycles. The molecule has 0 spiro atoms. The van der Waals surface area contributed by atoms with Crippen LogP contribution in [-0.4, -0.2) is 18.3 Å². The number of hydrogen-bond donors (Lipinski definition) is 1. The summed E-state index contributed by atoms with van der Waals surface area (Å²) in [6, 6.07) is 4.44. The number of benzene rings is 1. The van der Waals surface area contributed by atoms with Gasteiger partial charge in [-0.3, -0.25) is 0 Å². The Morgan fingerprint density at radius 3 is 2.86 bits per heavy atom. The van der Waals surface area contributed by atoms with Gasteiger partial charge in [0.25, 0.3) is 0 Å². The number of rotatable bonds is 1. The highest BCUT2D eigenvalue weighted by molar-refractivity contribution is 5.55. The number of ether oxygens (including phenoxy) is 1. The average Bonchev–Trinajstić information content (AvgIpc) is 2.88. The maximum atomic E-state index is 10.1. The summed E-state index contributed by atoms with van der Waals surface area (Å²) in [5, 5.41) is 10.1. The Hall–Kier alpha value is -1.28. The fourth-order valence-corrected chi connectivity index (χ4v) is 5.38. The van der Waals surface area contributed by atoms with Crippen LogP contribution in [-0.2, 0) is 11.8 Å². The third-order valence-electron chi connectivity index (χ3n) is 6.54. The highest BCUT2D eigenvalue weighted by atomic mass is 16.5. The molecule has 0 aliphatic heterocycles. The molecule has 3 aliphatic rings. The second-order valence-corrected chi connectivity index (χ2v) is 7.58. The Morgan fingerprint density at radius 1 is 1.27 bits per heavy atom. The van der Waals surface area contributed by atoms with Crippen LogP contribution in [0.25, 0.3) is 0 Å². The lowest BCUT2D eigenvalue weighted by Gasteiger charge is -2.45. The van der Waals surface area contributed by atoms with E-state index in [1.807, 2.05) is 0 Å². The molecular weight excluding hydrogens is 272 g/mol. The van der Waals surface area contributed by atoms with E-state index in [4.69, 9.17) is 4.74 Å². The smallest absolute Gasteiger partial charge is 0.122 e. The van der Waals surface area contributed by atoms with Crippen LogP contribution in [0, 0.1) is 12.8 Å². The van der Waals surface area contributed by atoms with Crippen LogP contribution in [0.3, 0.4) is 0 Å². The Balaban J connectivity index is 1.87. The first-order valence-electron chi connectivity index (χ1n) is 8.62. The molecule has 3 atom stereocenters. The summed E-state index contributed by atoms with van der Waals surface area (Å²) < 4.78 is 5.52. The zero-order valence-electron chi connectivity index (χ0n) is 13.9. The van der Waals surface area contributed by atoms with Gasteiger partial charge < -0.3 is 9.84 Å². The number of allylic oxidation sites excluding steroid dienone is 1. The first kappa shape index (κ1) is 14.3. The summed E-state index contributed by atoms with van der Waals surface area (Å²) >= 11 is 0. The molecule has 2 heteroatoms. The van der Waals surface area contributed by atoms with Gasteiger partial charge in [0.1, 0.15) is 5.75 Å². The minimum Gasteiger partial charge on any atom is -0.496 e. The maximum Gasteiger partial charge on any atom is 0.122 e. The lowest BCUT2D eigenvalue weighted by atomic mass is 9.59. The number of fused-ring (bicyclic) bond motifs is 4. The zero-order valence-corrected chi connectivity index (χ0v) is 13.9. The Labute approximate surface area is 133 Å². The van der Waals surface area contributed by atoms with Crippen LogP contribution < -0.4 is 4.74 Å². The summed E-state index contributed by atoms with van der Waals surface area (Å²) in [4.78, 5) is 0. The van der Waals surface area contributed by atoms with Crippen molar-refractivity contribution in [1.82, 2.24) is 0 Å². The molecule has 3 aliphatic carbocycles. The molecule has 1 saturated carbocycles. The minimum absolute atomic E-state index is 0.103. The van der Waals surface area contributed by atoms with Crippen molar-refractivity contribution in [2.75, 3.05) is 7.11 Å². The fourth-order valence-electron chi connectivity index (χ4n) is 5.38. The summed E-state index contributed by atoms with van der Waals surface area (Å²) in [5.74, 6) is 1.67. The van der Waals surface area contributed by atoms with Crippen LogP contribution in [0.15, 0.2) is 23.3 Å². The molecule has 4 rings (SSSR count). The molecule has 0 radical (unpaired) electrons. The van der Waals surface area contributed by atoms with E-state index in [1.54, 1.807) is 18.3 Å². The van der Waals surface area contributed by atoms with Gasteiger partial charge in [0.15, 0.2) is 0 Å². The highest BCUT2D eigenvalue weighted by Crippen LogP contribution is 2.55. The molecule has 1 N–H and O–H groups in total. The Bertz CT molecular complexity index is 658. The second-order valence-electron chi connectivity index (χ2n) is 7.58. The molecule has 0 aromatic heterocycles. The van der Waals surface area contributed by atoms with Crippen LogP contribution in [0.4, 0.5) is 0 Å². The summed E-state index contributed by atoms with van der Waals surface area (Å²) in [6.07, 6.45) is 6.54. The van der Waals surface area contributed by atoms with Crippen molar-refractivity contribution < 1.29 is 9.84 Å². The van der Waals surface area contributed by atoms with Crippen LogP contribution in [0.5, 0.6) is 5.75 Å². The molecule has 118 valence electrons. The first-order valence-corrected chi connectivity index (χ1v) is 8.62. The van der Waals surface area contributed by atoms with Gasteiger partial charge in [0.05, 0.1) is 13.2 Å². The molecule has 3 unspecified atom stereocenters. The molecule has 0 saturated heterocycles. The summed E-state index contributed by atoms with van der Waals surface area (Å²) in [7, 11) is 1.76. The van der Waals surface area contributed by atoms with E-state index in [-0.39, 0.29) is 11.5 Å². The van der Waals surface area contributed by atoms with Gasteiger partial charge in [-0.1, -0.05) is 24.1 Å². The number of methoxy groups -OCH3 is 1. The van der Waals surface area contributed by atoms with E-state index in [1.165, 1.54) is 29.5 Å². The molecule has 22 heavy (non-hydrogen) atoms. The lowest BCUT2D eigenvalue weighted by Crippen LogP contribution is -2.35. The molecule has 0 amide bonds. The number of aliphatic hydroxyl groups excluding tert-OH is 1. The van der Waals surface area contributed by atoms with E-state index in [0.717, 1.165) is 31.4 Å². The zero-order chi connectivity index (χ0) is 15.5. The van der Waals surface area contributed by atoms with Gasteiger partial charge in [-0.25, -0.2) is 0 Å². The maximum absolute atomic E-state index is 10.1. The predicted octanol–water partition coefficient (Wildman–Crippen LogP) is 4.07. The van der Waals surface area contributed by atoms with Gasteiger partial charge in [0.2, 0.25) is 0 Å². The van der Waals surface area contributed by atoms with Crippen molar-refractivity contribution >= 4 is 0 Å². The number of hydrogen-bond acceptors (Lipinski definition) is 2. The molecule has 2 nitrogen and oxygen atoms in total. The predicted molar refractivity (Wildman–Crippen MR) is 88.4 cm³/mol. The van der Waals surface area contributed by atoms with Gasteiger partial charge in [-0.2, -0.15) is 0 Å². The van der Waals surface area contributed by atoms with Crippen molar-refractivity contribution in [2.24, 2.45) is 5.92 Å².